The first-order valence-corrected chi connectivity index (χ1v) is 12.0. The van der Waals surface area contributed by atoms with Crippen molar-refractivity contribution in [2.45, 2.75) is 57.3 Å². The summed E-state index contributed by atoms with van der Waals surface area (Å²) in [6.07, 6.45) is 7.65. The Morgan fingerprint density at radius 2 is 1.79 bits per heavy atom. The Hall–Kier alpha value is -1.60. The molecule has 1 aromatic carbocycles. The van der Waals surface area contributed by atoms with Crippen LogP contribution in [0, 0.1) is 17.3 Å². The highest BCUT2D eigenvalue weighted by Crippen LogP contribution is 2.58. The van der Waals surface area contributed by atoms with E-state index in [1.807, 2.05) is 12.1 Å². The van der Waals surface area contributed by atoms with E-state index in [4.69, 9.17) is 18.9 Å². The van der Waals surface area contributed by atoms with Crippen LogP contribution in [0.3, 0.4) is 0 Å². The van der Waals surface area contributed by atoms with Gasteiger partial charge in [0.15, 0.2) is 5.79 Å². The minimum Gasteiger partial charge on any atom is -0.497 e. The predicted octanol–water partition coefficient (Wildman–Crippen LogP) is 5.03. The van der Waals surface area contributed by atoms with Gasteiger partial charge in [0.05, 0.1) is 32.3 Å². The highest BCUT2D eigenvalue weighted by Gasteiger charge is 2.55. The Balaban J connectivity index is 0.00000228. The third-order valence-corrected chi connectivity index (χ3v) is 8.63. The minimum absolute atomic E-state index is 0. The van der Waals surface area contributed by atoms with Gasteiger partial charge in [0.2, 0.25) is 0 Å². The van der Waals surface area contributed by atoms with E-state index in [1.165, 1.54) is 16.7 Å². The fourth-order valence-electron chi connectivity index (χ4n) is 6.93. The van der Waals surface area contributed by atoms with Gasteiger partial charge in [-0.2, -0.15) is 13.5 Å². The molecular weight excluding hydrogens is 436 g/mol. The number of allylic oxidation sites excluding steroid dienone is 2. The van der Waals surface area contributed by atoms with Gasteiger partial charge in [-0.15, -0.1) is 0 Å². The summed E-state index contributed by atoms with van der Waals surface area (Å²) >= 11 is 0. The largest absolute Gasteiger partial charge is 0.497 e. The molecule has 3 fully saturated rings. The van der Waals surface area contributed by atoms with Crippen LogP contribution in [0.1, 0.15) is 57.1 Å². The van der Waals surface area contributed by atoms with Crippen molar-refractivity contribution in [1.29, 1.82) is 0 Å². The third-order valence-electron chi connectivity index (χ3n) is 8.63. The zero-order valence-corrected chi connectivity index (χ0v) is 20.5. The molecule has 2 aliphatic heterocycles. The maximum Gasteiger partial charge on any atom is 0.188 e. The van der Waals surface area contributed by atoms with Crippen LogP contribution in [0.25, 0.3) is 0 Å². The van der Waals surface area contributed by atoms with E-state index < -0.39 is 5.79 Å². The molecule has 5 aliphatic rings. The predicted molar refractivity (Wildman–Crippen MR) is 130 cm³/mol. The number of carbonyl (C=O) groups excluding carboxylic acids is 1. The van der Waals surface area contributed by atoms with Crippen molar-refractivity contribution in [3.8, 4) is 5.75 Å². The Labute approximate surface area is 202 Å². The van der Waals surface area contributed by atoms with Crippen molar-refractivity contribution in [2.75, 3.05) is 26.9 Å². The van der Waals surface area contributed by atoms with Gasteiger partial charge in [-0.05, 0) is 78.0 Å². The van der Waals surface area contributed by atoms with Crippen LogP contribution >= 0.6 is 13.5 Å². The highest BCUT2D eigenvalue weighted by atomic mass is 32.1. The summed E-state index contributed by atoms with van der Waals surface area (Å²) in [5.74, 6) is 1.42. The first-order valence-electron chi connectivity index (χ1n) is 12.0. The van der Waals surface area contributed by atoms with Crippen LogP contribution in [0.15, 0.2) is 47.1 Å². The summed E-state index contributed by atoms with van der Waals surface area (Å²) in [6.45, 7) is 3.97. The summed E-state index contributed by atoms with van der Waals surface area (Å²) < 4.78 is 24.1. The molecule has 5 nitrogen and oxygen atoms in total. The Morgan fingerprint density at radius 3 is 2.52 bits per heavy atom. The van der Waals surface area contributed by atoms with E-state index in [0.717, 1.165) is 43.4 Å². The van der Waals surface area contributed by atoms with Gasteiger partial charge in [0.25, 0.3) is 0 Å². The molecule has 3 aliphatic carbocycles. The minimum atomic E-state index is -0.536. The maximum atomic E-state index is 13.0. The van der Waals surface area contributed by atoms with E-state index in [-0.39, 0.29) is 25.0 Å². The van der Waals surface area contributed by atoms with Gasteiger partial charge in [-0.25, -0.2) is 0 Å². The first kappa shape index (κ1) is 23.2. The summed E-state index contributed by atoms with van der Waals surface area (Å²) in [5.41, 5.74) is 4.95. The number of carbonyl (C=O) groups is 1. The molecule has 0 amide bonds. The molecule has 2 saturated heterocycles. The third kappa shape index (κ3) is 3.61. The quantitative estimate of drug-likeness (QED) is 0.607. The molecule has 178 valence electrons. The van der Waals surface area contributed by atoms with Crippen LogP contribution in [-0.4, -0.2) is 38.5 Å². The van der Waals surface area contributed by atoms with Crippen molar-refractivity contribution in [1.82, 2.24) is 0 Å². The number of hydrogen-bond donors (Lipinski definition) is 0. The number of hydrogen-bond acceptors (Lipinski definition) is 5. The summed E-state index contributed by atoms with van der Waals surface area (Å²) in [4.78, 5) is 13.0. The molecule has 6 heteroatoms. The van der Waals surface area contributed by atoms with Crippen LogP contribution in [-0.2, 0) is 19.0 Å². The molecule has 6 rings (SSSR count). The average molecular weight is 471 g/mol. The molecule has 4 atom stereocenters. The molecule has 1 spiro atoms. The van der Waals surface area contributed by atoms with E-state index in [1.54, 1.807) is 7.11 Å². The number of Topliss-reactive ketones (excluding diaryl/α,β-unsaturated/α-hetero) is 1. The van der Waals surface area contributed by atoms with Crippen molar-refractivity contribution in [3.05, 3.63) is 52.6 Å². The Bertz CT molecular complexity index is 990. The number of benzene rings is 1. The monoisotopic (exact) mass is 470 g/mol. The second-order valence-electron chi connectivity index (χ2n) is 10.2. The van der Waals surface area contributed by atoms with Gasteiger partial charge in [-0.1, -0.05) is 19.1 Å². The lowest BCUT2D eigenvalue weighted by Crippen LogP contribution is -2.37. The van der Waals surface area contributed by atoms with Gasteiger partial charge >= 0.3 is 0 Å². The van der Waals surface area contributed by atoms with E-state index in [9.17, 15) is 4.79 Å². The topological polar surface area (TPSA) is 54.0 Å². The zero-order valence-electron chi connectivity index (χ0n) is 19.5. The SMILES string of the molecule is COc1ccc(C2OC[C@]3(C)C(=O)CCC3C3CCC4=CC5(CCC4=C23)OCCO5)cc1.S. The number of fused-ring (bicyclic) bond motifs is 4. The van der Waals surface area contributed by atoms with Crippen molar-refractivity contribution >= 4 is 19.3 Å². The summed E-state index contributed by atoms with van der Waals surface area (Å²) in [5, 5.41) is 0. The summed E-state index contributed by atoms with van der Waals surface area (Å²) in [6, 6.07) is 8.25. The van der Waals surface area contributed by atoms with Gasteiger partial charge in [0.1, 0.15) is 17.6 Å². The van der Waals surface area contributed by atoms with Crippen LogP contribution in [0.4, 0.5) is 0 Å². The Kier molecular flexibility index (Phi) is 6.01. The van der Waals surface area contributed by atoms with E-state index >= 15 is 0 Å². The second kappa shape index (κ2) is 8.56. The number of methoxy groups -OCH3 is 1. The lowest BCUT2D eigenvalue weighted by Gasteiger charge is -2.41. The van der Waals surface area contributed by atoms with Gasteiger partial charge in [-0.3, -0.25) is 4.79 Å². The normalized spacial score (nSPS) is 34.7. The number of rotatable bonds is 2. The zero-order chi connectivity index (χ0) is 21.9. The van der Waals surface area contributed by atoms with Crippen molar-refractivity contribution in [3.63, 3.8) is 0 Å². The molecule has 2 heterocycles. The smallest absolute Gasteiger partial charge is 0.188 e. The number of ether oxygens (including phenoxy) is 4. The Morgan fingerprint density at radius 1 is 1.03 bits per heavy atom. The molecule has 0 N–H and O–H groups in total. The molecule has 0 bridgehead atoms. The maximum absolute atomic E-state index is 13.0. The van der Waals surface area contributed by atoms with Crippen LogP contribution in [0.5, 0.6) is 5.75 Å². The van der Waals surface area contributed by atoms with Gasteiger partial charge < -0.3 is 18.9 Å². The highest BCUT2D eigenvalue weighted by molar-refractivity contribution is 7.59. The lowest BCUT2D eigenvalue weighted by atomic mass is 9.63. The van der Waals surface area contributed by atoms with Crippen LogP contribution in [0.2, 0.25) is 0 Å². The molecule has 3 unspecified atom stereocenters. The van der Waals surface area contributed by atoms with Crippen molar-refractivity contribution in [2.24, 2.45) is 17.3 Å². The molecule has 33 heavy (non-hydrogen) atoms. The lowest BCUT2D eigenvalue weighted by molar-refractivity contribution is -0.130. The molecule has 0 radical (unpaired) electrons. The van der Waals surface area contributed by atoms with Crippen LogP contribution < -0.4 is 4.74 Å². The summed E-state index contributed by atoms with van der Waals surface area (Å²) in [7, 11) is 1.69. The second-order valence-corrected chi connectivity index (χ2v) is 10.2. The van der Waals surface area contributed by atoms with Crippen molar-refractivity contribution < 1.29 is 23.7 Å². The molecule has 0 aromatic heterocycles. The van der Waals surface area contributed by atoms with E-state index in [0.29, 0.717) is 43.9 Å². The fourth-order valence-corrected chi connectivity index (χ4v) is 6.93. The molecular formula is C27H34O5S. The standard InChI is InChI=1S/C27H32O5.H2S/c1-26-16-30-25(17-3-6-19(29-2)7-4-17)24-20-11-12-27(31-13-14-32-27)15-18(20)5-8-21(24)22(26)9-10-23(26)28;/h3-4,6-7,15,21-22,25H,5,8-14,16H2,1-2H3;1H2/t21?,22?,25?,26-;/m0./s1. The van der Waals surface area contributed by atoms with Gasteiger partial charge in [0, 0.05) is 12.8 Å². The average Bonchev–Trinajstić information content (AvgIpc) is 3.35. The fraction of sp³-hybridized carbons (Fsp3) is 0.593. The molecule has 1 aromatic rings. The first-order chi connectivity index (χ1) is 15.5. The molecule has 1 saturated carbocycles. The number of ketones is 1. The van der Waals surface area contributed by atoms with E-state index in [2.05, 4.69) is 25.1 Å².